The Morgan fingerprint density at radius 1 is 0.877 bits per heavy atom. The van der Waals surface area contributed by atoms with Gasteiger partial charge in [-0.3, -0.25) is 19.2 Å². The number of carbonyl (C=O) groups is 5. The number of methoxy groups -OCH3 is 3. The zero-order valence-electron chi connectivity index (χ0n) is 40.4. The third-order valence-electron chi connectivity index (χ3n) is 15.2. The molecule has 364 valence electrons. The molecule has 1 saturated carbocycles. The lowest BCUT2D eigenvalue weighted by molar-refractivity contribution is -0.266. The first-order valence-corrected chi connectivity index (χ1v) is 25.2. The molecule has 4 heterocycles. The summed E-state index contributed by atoms with van der Waals surface area (Å²) in [7, 11) is 4.72. The Balaban J connectivity index is 1.51. The number of rotatable bonds is 6. The summed E-state index contributed by atoms with van der Waals surface area (Å²) in [6.07, 6.45) is 15.3. The van der Waals surface area contributed by atoms with E-state index in [9.17, 15) is 34.2 Å². The van der Waals surface area contributed by atoms with Crippen LogP contribution >= 0.6 is 11.8 Å². The SMILES string of the molecule is COC1CC(C[C@H]2C3CCCN4C(=O)C(=O)C5(O)O[C@@H](CCC5C)C[C@H](OC)/C(C)=C/C=C/C=C/[C@@H](C)CC(C)C(=O)[C@H](OC)C(O)/C(C)=C/[C@@H](C)C(=O)C[C@@H]2OC(=O)C34)CCC1SC. The number of piperidine rings is 1. The number of hydrogen-bond donors (Lipinski definition) is 2. The van der Waals surface area contributed by atoms with Crippen LogP contribution in [0.2, 0.25) is 0 Å². The first kappa shape index (κ1) is 53.0. The Labute approximate surface area is 391 Å². The molecule has 1 amide bonds. The van der Waals surface area contributed by atoms with Gasteiger partial charge in [0.1, 0.15) is 30.1 Å². The molecule has 5 rings (SSSR count). The lowest BCUT2D eigenvalue weighted by Gasteiger charge is -2.50. The number of ketones is 3. The zero-order valence-corrected chi connectivity index (χ0v) is 41.3. The number of allylic oxidation sites excluding steroid dienone is 6. The van der Waals surface area contributed by atoms with E-state index < -0.39 is 83.7 Å². The van der Waals surface area contributed by atoms with E-state index in [1.165, 1.54) is 12.0 Å². The van der Waals surface area contributed by atoms with Crippen molar-refractivity contribution in [1.29, 1.82) is 0 Å². The first-order valence-electron chi connectivity index (χ1n) is 23.9. The third kappa shape index (κ3) is 12.6. The van der Waals surface area contributed by atoms with Crippen molar-refractivity contribution in [3.63, 3.8) is 0 Å². The standard InChI is InChI=1S/C51H77NO12S/c1-29-15-12-11-13-16-30(2)40(60-7)27-36-20-18-34(6)51(59,64-36)48(56)49(57)52-22-14-17-37-38(25-35-19-21-43(65-10)42(26-35)61-8)41(63-50(58)44(37)52)28-39(53)31(3)24-33(5)46(55)47(62-9)45(54)32(4)23-29/h11-13,15-16,24,29,31-32,34-38,40-44,46-47,55,59H,14,17-23,25-28H2,1-10H3/b13-11+,15-12+,30-16+,33-24+/t29-,31-,32?,34?,35?,36+,37?,38+,40+,41+,42?,43?,44?,46?,47+,51?/m1/s1. The van der Waals surface area contributed by atoms with Gasteiger partial charge in [0.15, 0.2) is 5.78 Å². The molecule has 1 aliphatic carbocycles. The molecular formula is C51H77NO12S. The zero-order chi connectivity index (χ0) is 47.7. The van der Waals surface area contributed by atoms with Crippen LogP contribution in [-0.4, -0.2) is 132 Å². The Morgan fingerprint density at radius 3 is 2.29 bits per heavy atom. The molecule has 4 fully saturated rings. The van der Waals surface area contributed by atoms with Crippen LogP contribution in [0.15, 0.2) is 47.6 Å². The predicted molar refractivity (Wildman–Crippen MR) is 250 cm³/mol. The van der Waals surface area contributed by atoms with E-state index in [0.717, 1.165) is 24.8 Å². The fourth-order valence-corrected chi connectivity index (χ4v) is 12.1. The first-order chi connectivity index (χ1) is 30.9. The summed E-state index contributed by atoms with van der Waals surface area (Å²) in [5.74, 6) is -7.91. The number of amides is 1. The fourth-order valence-electron chi connectivity index (χ4n) is 11.2. The van der Waals surface area contributed by atoms with E-state index in [1.807, 2.05) is 51.2 Å². The van der Waals surface area contributed by atoms with E-state index in [0.29, 0.717) is 55.8 Å². The Kier molecular flexibility index (Phi) is 19.4. The third-order valence-corrected chi connectivity index (χ3v) is 16.3. The number of aliphatic hydroxyl groups excluding tert-OH is 1. The number of esters is 1. The van der Waals surface area contributed by atoms with Gasteiger partial charge in [0.05, 0.1) is 18.3 Å². The van der Waals surface area contributed by atoms with Crippen molar-refractivity contribution in [3.8, 4) is 0 Å². The predicted octanol–water partition coefficient (Wildman–Crippen LogP) is 6.77. The quantitative estimate of drug-likeness (QED) is 0.162. The molecule has 0 aromatic rings. The molecule has 0 aromatic heterocycles. The van der Waals surface area contributed by atoms with Crippen molar-refractivity contribution in [2.45, 2.75) is 166 Å². The van der Waals surface area contributed by atoms with Crippen LogP contribution in [0.1, 0.15) is 112 Å². The van der Waals surface area contributed by atoms with Crippen molar-refractivity contribution in [3.05, 3.63) is 47.6 Å². The minimum absolute atomic E-state index is 0.0330. The van der Waals surface area contributed by atoms with Crippen LogP contribution < -0.4 is 0 Å². The molecule has 13 nitrogen and oxygen atoms in total. The molecule has 4 bridgehead atoms. The van der Waals surface area contributed by atoms with Gasteiger partial charge in [0.25, 0.3) is 11.7 Å². The van der Waals surface area contributed by atoms with Crippen LogP contribution in [0.25, 0.3) is 0 Å². The molecule has 14 heteroatoms. The second kappa shape index (κ2) is 23.8. The highest BCUT2D eigenvalue weighted by atomic mass is 32.2. The van der Waals surface area contributed by atoms with Crippen LogP contribution in [0.3, 0.4) is 0 Å². The lowest BCUT2D eigenvalue weighted by atomic mass is 9.68. The van der Waals surface area contributed by atoms with Crippen LogP contribution in [0.4, 0.5) is 0 Å². The Morgan fingerprint density at radius 2 is 1.62 bits per heavy atom. The largest absolute Gasteiger partial charge is 0.460 e. The summed E-state index contributed by atoms with van der Waals surface area (Å²) in [6, 6.07) is -1.08. The number of fused-ring (bicyclic) bond motifs is 4. The molecule has 0 radical (unpaired) electrons. The maximum absolute atomic E-state index is 14.5. The van der Waals surface area contributed by atoms with E-state index >= 15 is 0 Å². The molecule has 2 N–H and O–H groups in total. The highest BCUT2D eigenvalue weighted by Crippen LogP contribution is 2.46. The lowest BCUT2D eigenvalue weighted by Crippen LogP contribution is -2.65. The topological polar surface area (TPSA) is 175 Å². The van der Waals surface area contributed by atoms with Crippen LogP contribution in [0.5, 0.6) is 0 Å². The normalized spacial score (nSPS) is 42.7. The number of aliphatic hydroxyl groups is 2. The molecule has 65 heavy (non-hydrogen) atoms. The molecule has 0 aromatic carbocycles. The van der Waals surface area contributed by atoms with Gasteiger partial charge in [0.2, 0.25) is 5.79 Å². The average molecular weight is 928 g/mol. The summed E-state index contributed by atoms with van der Waals surface area (Å²) in [6.45, 7) is 11.0. The minimum Gasteiger partial charge on any atom is -0.460 e. The van der Waals surface area contributed by atoms with E-state index in [-0.39, 0.29) is 48.4 Å². The van der Waals surface area contributed by atoms with Gasteiger partial charge in [-0.05, 0) is 107 Å². The molecule has 9 unspecified atom stereocenters. The fraction of sp³-hybridized carbons (Fsp3) is 0.745. The minimum atomic E-state index is -2.41. The molecule has 0 spiro atoms. The van der Waals surface area contributed by atoms with Gasteiger partial charge < -0.3 is 38.8 Å². The van der Waals surface area contributed by atoms with Crippen LogP contribution in [0, 0.1) is 41.4 Å². The molecule has 4 aliphatic heterocycles. The molecule has 3 saturated heterocycles. The van der Waals surface area contributed by atoms with Crippen molar-refractivity contribution >= 4 is 41.0 Å². The second-order valence-corrected chi connectivity index (χ2v) is 20.8. The highest BCUT2D eigenvalue weighted by Gasteiger charge is 2.57. The summed E-state index contributed by atoms with van der Waals surface area (Å²) in [4.78, 5) is 72.4. The van der Waals surface area contributed by atoms with Gasteiger partial charge in [-0.25, -0.2) is 4.79 Å². The Bertz CT molecular complexity index is 1810. The Hall–Kier alpha value is -2.98. The average Bonchev–Trinajstić information content (AvgIpc) is 3.29. The maximum Gasteiger partial charge on any atom is 0.329 e. The summed E-state index contributed by atoms with van der Waals surface area (Å²) in [5.41, 5.74) is 1.31. The molecular weight excluding hydrogens is 851 g/mol. The highest BCUT2D eigenvalue weighted by molar-refractivity contribution is 7.99. The van der Waals surface area contributed by atoms with Gasteiger partial charge in [-0.1, -0.05) is 64.2 Å². The smallest absolute Gasteiger partial charge is 0.329 e. The van der Waals surface area contributed by atoms with Crippen molar-refractivity contribution in [1.82, 2.24) is 4.90 Å². The monoisotopic (exact) mass is 928 g/mol. The number of Topliss-reactive ketones (excluding diaryl/α,β-unsaturated/α-hetero) is 3. The molecule has 16 atom stereocenters. The molecule has 5 aliphatic rings. The van der Waals surface area contributed by atoms with Gasteiger partial charge in [-0.15, -0.1) is 0 Å². The van der Waals surface area contributed by atoms with E-state index in [4.69, 9.17) is 23.7 Å². The van der Waals surface area contributed by atoms with Gasteiger partial charge in [0, 0.05) is 69.6 Å². The van der Waals surface area contributed by atoms with Crippen molar-refractivity contribution in [2.75, 3.05) is 34.1 Å². The van der Waals surface area contributed by atoms with Gasteiger partial charge in [-0.2, -0.15) is 11.8 Å². The van der Waals surface area contributed by atoms with Crippen molar-refractivity contribution < 1.29 is 57.9 Å². The van der Waals surface area contributed by atoms with Gasteiger partial charge >= 0.3 is 5.97 Å². The number of ether oxygens (including phenoxy) is 5. The summed E-state index contributed by atoms with van der Waals surface area (Å²) < 4.78 is 29.9. The summed E-state index contributed by atoms with van der Waals surface area (Å²) >= 11 is 1.79. The van der Waals surface area contributed by atoms with Crippen LogP contribution in [-0.2, 0) is 47.7 Å². The van der Waals surface area contributed by atoms with Crippen molar-refractivity contribution in [2.24, 2.45) is 41.4 Å². The number of nitrogens with zero attached hydrogens (tertiary/aromatic N) is 1. The van der Waals surface area contributed by atoms with E-state index in [2.05, 4.69) is 6.26 Å². The maximum atomic E-state index is 14.5. The summed E-state index contributed by atoms with van der Waals surface area (Å²) in [5, 5.41) is 23.9. The number of thioether (sulfide) groups is 1. The van der Waals surface area contributed by atoms with E-state index in [1.54, 1.807) is 52.8 Å². The number of hydrogen-bond acceptors (Lipinski definition) is 13. The second-order valence-electron chi connectivity index (χ2n) is 19.7. The number of carbonyl (C=O) groups excluding carboxylic acids is 5.